The Hall–Kier alpha value is -1.78. The highest BCUT2D eigenvalue weighted by atomic mass is 19.4. The van der Waals surface area contributed by atoms with Gasteiger partial charge in [-0.15, -0.1) is 0 Å². The van der Waals surface area contributed by atoms with Gasteiger partial charge in [0.1, 0.15) is 0 Å². The number of alkyl halides is 3. The Morgan fingerprint density at radius 1 is 1.20 bits per heavy atom. The van der Waals surface area contributed by atoms with Crippen molar-refractivity contribution in [3.8, 4) is 0 Å². The average Bonchev–Trinajstić information content (AvgIpc) is 2.17. The van der Waals surface area contributed by atoms with Crippen LogP contribution in [-0.2, 0) is 4.74 Å². The highest BCUT2D eigenvalue weighted by Crippen LogP contribution is 2.25. The summed E-state index contributed by atoms with van der Waals surface area (Å²) in [7, 11) is 0. The van der Waals surface area contributed by atoms with Gasteiger partial charge in [0.05, 0.1) is 5.56 Å². The summed E-state index contributed by atoms with van der Waals surface area (Å²) in [4.78, 5) is 11.1. The summed E-state index contributed by atoms with van der Waals surface area (Å²) in [5.74, 6) is -2.59. The maximum absolute atomic E-state index is 11.9. The molecule has 15 heavy (non-hydrogen) atoms. The molecule has 1 aromatic carbocycles. The smallest absolute Gasteiger partial charge is 0.418 e. The lowest BCUT2D eigenvalue weighted by Gasteiger charge is -2.09. The third-order valence-corrected chi connectivity index (χ3v) is 1.54. The van der Waals surface area contributed by atoms with Gasteiger partial charge in [-0.1, -0.05) is 24.8 Å². The molecule has 0 spiro atoms. The number of ether oxygens (including phenoxy) is 1. The van der Waals surface area contributed by atoms with Crippen molar-refractivity contribution in [2.24, 2.45) is 0 Å². The molecular formula is C10H7F3O2. The van der Waals surface area contributed by atoms with Crippen LogP contribution in [0.4, 0.5) is 13.2 Å². The maximum Gasteiger partial charge on any atom is 0.449 e. The monoisotopic (exact) mass is 216 g/mol. The first-order valence-corrected chi connectivity index (χ1v) is 3.94. The maximum atomic E-state index is 11.9. The van der Waals surface area contributed by atoms with E-state index in [1.807, 2.05) is 0 Å². The van der Waals surface area contributed by atoms with Gasteiger partial charge < -0.3 is 4.74 Å². The van der Waals surface area contributed by atoms with Crippen LogP contribution in [0.25, 0.3) is 0 Å². The van der Waals surface area contributed by atoms with Gasteiger partial charge in [-0.3, -0.25) is 0 Å². The standard InChI is InChI=1S/C10H7F3O2/c1-7(10(11,12)13)15-9(14)8-5-3-2-4-6-8/h2-6H,1H2. The normalized spacial score (nSPS) is 10.9. The molecule has 0 saturated heterocycles. The van der Waals surface area contributed by atoms with E-state index in [2.05, 4.69) is 11.3 Å². The number of halogens is 3. The molecule has 0 unspecified atom stereocenters. The molecule has 0 aliphatic rings. The number of rotatable bonds is 2. The molecule has 0 saturated carbocycles. The molecule has 1 aromatic rings. The Bertz CT molecular complexity index is 368. The van der Waals surface area contributed by atoms with E-state index < -0.39 is 17.9 Å². The number of hydrogen-bond acceptors (Lipinski definition) is 2. The molecule has 0 amide bonds. The number of esters is 1. The minimum Gasteiger partial charge on any atom is -0.418 e. The molecule has 0 aromatic heterocycles. The quantitative estimate of drug-likeness (QED) is 0.561. The van der Waals surface area contributed by atoms with Crippen molar-refractivity contribution in [3.05, 3.63) is 48.2 Å². The molecule has 2 nitrogen and oxygen atoms in total. The van der Waals surface area contributed by atoms with Crippen LogP contribution in [0.15, 0.2) is 42.7 Å². The second-order valence-electron chi connectivity index (χ2n) is 2.68. The first-order valence-electron chi connectivity index (χ1n) is 3.94. The lowest BCUT2D eigenvalue weighted by Crippen LogP contribution is -2.17. The van der Waals surface area contributed by atoms with Crippen LogP contribution < -0.4 is 0 Å². The summed E-state index contributed by atoms with van der Waals surface area (Å²) >= 11 is 0. The molecule has 1 rings (SSSR count). The molecule has 0 aliphatic heterocycles. The summed E-state index contributed by atoms with van der Waals surface area (Å²) in [5, 5.41) is 0. The van der Waals surface area contributed by atoms with Crippen molar-refractivity contribution in [2.75, 3.05) is 0 Å². The molecule has 0 bridgehead atoms. The highest BCUT2D eigenvalue weighted by molar-refractivity contribution is 5.90. The van der Waals surface area contributed by atoms with Crippen molar-refractivity contribution in [1.82, 2.24) is 0 Å². The van der Waals surface area contributed by atoms with Gasteiger partial charge >= 0.3 is 12.1 Å². The summed E-state index contributed by atoms with van der Waals surface area (Å²) in [6, 6.07) is 7.38. The Labute approximate surface area is 84.0 Å². The second-order valence-corrected chi connectivity index (χ2v) is 2.68. The van der Waals surface area contributed by atoms with Crippen LogP contribution >= 0.6 is 0 Å². The number of carbonyl (C=O) groups excluding carboxylic acids is 1. The number of allylic oxidation sites excluding steroid dienone is 1. The van der Waals surface area contributed by atoms with E-state index in [1.165, 1.54) is 24.3 Å². The van der Waals surface area contributed by atoms with Crippen molar-refractivity contribution < 1.29 is 22.7 Å². The summed E-state index contributed by atoms with van der Waals surface area (Å²) in [6.45, 7) is 2.62. The van der Waals surface area contributed by atoms with Crippen molar-refractivity contribution in [2.45, 2.75) is 6.18 Å². The van der Waals surface area contributed by atoms with Gasteiger partial charge in [0, 0.05) is 0 Å². The molecule has 5 heteroatoms. The van der Waals surface area contributed by atoms with Crippen molar-refractivity contribution >= 4 is 5.97 Å². The van der Waals surface area contributed by atoms with Crippen LogP contribution in [0, 0.1) is 0 Å². The van der Waals surface area contributed by atoms with Crippen LogP contribution in [-0.4, -0.2) is 12.1 Å². The first kappa shape index (κ1) is 11.3. The fraction of sp³-hybridized carbons (Fsp3) is 0.100. The number of benzene rings is 1. The number of carbonyl (C=O) groups is 1. The minimum absolute atomic E-state index is 0.0444. The van der Waals surface area contributed by atoms with Crippen LogP contribution in [0.3, 0.4) is 0 Å². The van der Waals surface area contributed by atoms with Gasteiger partial charge in [0.15, 0.2) is 0 Å². The van der Waals surface area contributed by atoms with Crippen LogP contribution in [0.5, 0.6) is 0 Å². The van der Waals surface area contributed by atoms with Crippen LogP contribution in [0.1, 0.15) is 10.4 Å². The number of hydrogen-bond donors (Lipinski definition) is 0. The zero-order chi connectivity index (χ0) is 11.5. The van der Waals surface area contributed by atoms with E-state index in [0.29, 0.717) is 0 Å². The lowest BCUT2D eigenvalue weighted by atomic mass is 10.2. The van der Waals surface area contributed by atoms with Crippen molar-refractivity contribution in [1.29, 1.82) is 0 Å². The Morgan fingerprint density at radius 2 is 1.73 bits per heavy atom. The van der Waals surface area contributed by atoms with E-state index in [1.54, 1.807) is 6.07 Å². The predicted octanol–water partition coefficient (Wildman–Crippen LogP) is 2.92. The third-order valence-electron chi connectivity index (χ3n) is 1.54. The summed E-state index contributed by atoms with van der Waals surface area (Å²) in [5.41, 5.74) is 0.0444. The molecule has 0 radical (unpaired) electrons. The zero-order valence-electron chi connectivity index (χ0n) is 7.54. The fourth-order valence-corrected chi connectivity index (χ4v) is 0.803. The SMILES string of the molecule is C=C(OC(=O)c1ccccc1)C(F)(F)F. The first-order chi connectivity index (χ1) is 6.91. The second kappa shape index (κ2) is 4.16. The molecule has 0 N–H and O–H groups in total. The molecule has 0 aliphatic carbocycles. The lowest BCUT2D eigenvalue weighted by molar-refractivity contribution is -0.122. The zero-order valence-corrected chi connectivity index (χ0v) is 7.54. The minimum atomic E-state index is -4.72. The highest BCUT2D eigenvalue weighted by Gasteiger charge is 2.35. The van der Waals surface area contributed by atoms with E-state index in [9.17, 15) is 18.0 Å². The van der Waals surface area contributed by atoms with Crippen molar-refractivity contribution in [3.63, 3.8) is 0 Å². The van der Waals surface area contributed by atoms with Gasteiger partial charge in [-0.25, -0.2) is 4.79 Å². The molecule has 0 heterocycles. The fourth-order valence-electron chi connectivity index (χ4n) is 0.803. The largest absolute Gasteiger partial charge is 0.449 e. The van der Waals surface area contributed by atoms with E-state index >= 15 is 0 Å². The Kier molecular flexibility index (Phi) is 3.14. The van der Waals surface area contributed by atoms with Crippen LogP contribution in [0.2, 0.25) is 0 Å². The molecular weight excluding hydrogens is 209 g/mol. The molecule has 80 valence electrons. The Balaban J connectivity index is 2.70. The summed E-state index contributed by atoms with van der Waals surface area (Å²) in [6.07, 6.45) is -4.72. The average molecular weight is 216 g/mol. The van der Waals surface area contributed by atoms with Gasteiger partial charge in [0.2, 0.25) is 5.76 Å². The molecule has 0 fully saturated rings. The van der Waals surface area contributed by atoms with Gasteiger partial charge in [-0.05, 0) is 12.1 Å². The van der Waals surface area contributed by atoms with E-state index in [-0.39, 0.29) is 5.56 Å². The summed E-state index contributed by atoms with van der Waals surface area (Å²) < 4.78 is 39.9. The van der Waals surface area contributed by atoms with Gasteiger partial charge in [-0.2, -0.15) is 13.2 Å². The molecule has 0 atom stereocenters. The van der Waals surface area contributed by atoms with Gasteiger partial charge in [0.25, 0.3) is 0 Å². The van der Waals surface area contributed by atoms with E-state index in [4.69, 9.17) is 0 Å². The Morgan fingerprint density at radius 3 is 2.20 bits per heavy atom. The van der Waals surface area contributed by atoms with E-state index in [0.717, 1.165) is 0 Å². The predicted molar refractivity (Wildman–Crippen MR) is 47.1 cm³/mol. The third kappa shape index (κ3) is 3.12. The topological polar surface area (TPSA) is 26.3 Å².